The van der Waals surface area contributed by atoms with Gasteiger partial charge in [0.1, 0.15) is 6.95 Å². The second-order valence-corrected chi connectivity index (χ2v) is 3.54. The number of carbonyl (C=O) groups is 1. The number of likely N-dealkylation sites (N-methyl/N-ethyl adjacent to an activating group) is 1. The molecule has 1 aliphatic carbocycles. The molecule has 1 aliphatic rings. The lowest BCUT2D eigenvalue weighted by molar-refractivity contribution is -0.127. The fourth-order valence-electron chi connectivity index (χ4n) is 1.44. The molecule has 2 rings (SSSR count). The Morgan fingerprint density at radius 2 is 2.38 bits per heavy atom. The zero-order chi connectivity index (χ0) is 22.1. The first kappa shape index (κ1) is 3.82. The molecule has 0 amide bonds. The molecule has 0 aliphatic heterocycles. The molecule has 1 saturated carbocycles. The van der Waals surface area contributed by atoms with Gasteiger partial charge in [0.05, 0.1) is 0 Å². The van der Waals surface area contributed by atoms with Crippen LogP contribution in [0.5, 0.6) is 0 Å². The third-order valence-electron chi connectivity index (χ3n) is 2.24. The maximum atomic E-state index is 13.2. The van der Waals surface area contributed by atoms with Gasteiger partial charge in [-0.05, 0) is 31.4 Å². The molecule has 0 aromatic heterocycles. The summed E-state index contributed by atoms with van der Waals surface area (Å²) in [6.07, 6.45) is -14.8. The molecule has 1 aromatic rings. The molecule has 0 radical (unpaired) electrons. The van der Waals surface area contributed by atoms with Gasteiger partial charge in [-0.2, -0.15) is 0 Å². The van der Waals surface area contributed by atoms with Gasteiger partial charge in [0, 0.05) is 26.5 Å². The number of hydrogen-bond donors (Lipinski definition) is 1. The third kappa shape index (κ3) is 1.76. The number of rotatable bonds is 2. The van der Waals surface area contributed by atoms with E-state index in [-0.39, 0.29) is 0 Å². The van der Waals surface area contributed by atoms with Gasteiger partial charge in [-0.3, -0.25) is 4.79 Å². The molecule has 1 unspecified atom stereocenters. The number of Topliss-reactive ketones (excluding diaryl/α,β-unsaturated/α-hetero) is 1. The highest BCUT2D eigenvalue weighted by atomic mass is 35.5. The molecular weight excluding hydrogens is 222 g/mol. The lowest BCUT2D eigenvalue weighted by Crippen LogP contribution is -2.49. The van der Waals surface area contributed by atoms with E-state index >= 15 is 0 Å². The van der Waals surface area contributed by atoms with E-state index in [0.717, 1.165) is 12.1 Å². The first-order valence-corrected chi connectivity index (χ1v) is 4.80. The third-order valence-corrected chi connectivity index (χ3v) is 2.57. The van der Waals surface area contributed by atoms with Crippen LogP contribution in [0.25, 0.3) is 0 Å². The van der Waals surface area contributed by atoms with Crippen molar-refractivity contribution >= 4 is 17.4 Å². The van der Waals surface area contributed by atoms with Crippen molar-refractivity contribution in [2.45, 2.75) is 31.0 Å². The molecule has 0 bridgehead atoms. The number of carbonyl (C=O) groups excluding carboxylic acids is 1. The van der Waals surface area contributed by atoms with Crippen LogP contribution in [0.3, 0.4) is 0 Å². The number of hydrogen-bond acceptors (Lipinski definition) is 2. The van der Waals surface area contributed by atoms with Gasteiger partial charge >= 0.3 is 0 Å². The second kappa shape index (κ2) is 4.56. The van der Waals surface area contributed by atoms with Crippen molar-refractivity contribution in [3.05, 3.63) is 34.9 Å². The molecule has 1 fully saturated rings. The summed E-state index contributed by atoms with van der Waals surface area (Å²) < 4.78 is 94.9. The first-order valence-electron chi connectivity index (χ1n) is 10.4. The predicted molar refractivity (Wildman–Crippen MR) is 65.7 cm³/mol. The quantitative estimate of drug-likeness (QED) is 0.873. The number of halogens is 1. The Bertz CT molecular complexity index is 807. The average Bonchev–Trinajstić information content (AvgIpc) is 2.54. The molecule has 0 heterocycles. The van der Waals surface area contributed by atoms with Crippen molar-refractivity contribution in [2.75, 3.05) is 6.98 Å². The Morgan fingerprint density at radius 3 is 3.12 bits per heavy atom. The molecular formula is C13H16ClNO. The van der Waals surface area contributed by atoms with Gasteiger partial charge in [0.15, 0.2) is 5.78 Å². The highest BCUT2D eigenvalue weighted by Gasteiger charge is 2.40. The summed E-state index contributed by atoms with van der Waals surface area (Å²) in [4.78, 5) is 13.2. The lowest BCUT2D eigenvalue weighted by atomic mass is 9.75. The molecule has 1 N–H and O–H groups in total. The second-order valence-electron chi connectivity index (χ2n) is 3.13. The fraction of sp³-hybridized carbons (Fsp3) is 0.462. The Balaban J connectivity index is 3.11. The molecule has 0 saturated heterocycles. The van der Waals surface area contributed by atoms with Crippen molar-refractivity contribution in [1.29, 1.82) is 0 Å². The van der Waals surface area contributed by atoms with E-state index in [0.29, 0.717) is 0 Å². The van der Waals surface area contributed by atoms with Crippen molar-refractivity contribution in [1.82, 2.24) is 5.31 Å². The van der Waals surface area contributed by atoms with Crippen LogP contribution in [-0.4, -0.2) is 12.8 Å². The molecule has 1 aromatic carbocycles. The lowest BCUT2D eigenvalue weighted by Gasteiger charge is -2.36. The van der Waals surface area contributed by atoms with Gasteiger partial charge in [-0.15, -0.1) is 0 Å². The van der Waals surface area contributed by atoms with E-state index in [9.17, 15) is 4.79 Å². The van der Waals surface area contributed by atoms with E-state index in [2.05, 4.69) is 0 Å². The van der Waals surface area contributed by atoms with E-state index in [1.807, 2.05) is 0 Å². The minimum absolute atomic E-state index is 0.407. The van der Waals surface area contributed by atoms with Gasteiger partial charge < -0.3 is 5.31 Å². The minimum atomic E-state index is -3.73. The minimum Gasteiger partial charge on any atom is -0.304 e. The summed E-state index contributed by atoms with van der Waals surface area (Å²) in [6.45, 7) is -3.50. The van der Waals surface area contributed by atoms with Gasteiger partial charge in [-0.1, -0.05) is 36.2 Å². The SMILES string of the molecule is [2H]N(C([2H])([2H])[2H])C1(c2ccccc2Cl)C(=O)C([2H])([2H])C([2H])([2H])C([2H])([2H])C1([2H])[2H]. The first-order chi connectivity index (χ1) is 12.3. The number of ketones is 1. The highest BCUT2D eigenvalue weighted by molar-refractivity contribution is 6.31. The van der Waals surface area contributed by atoms with E-state index in [1.165, 1.54) is 12.1 Å². The Labute approximate surface area is 118 Å². The van der Waals surface area contributed by atoms with E-state index in [4.69, 9.17) is 28.1 Å². The van der Waals surface area contributed by atoms with Crippen LogP contribution >= 0.6 is 11.6 Å². The topological polar surface area (TPSA) is 29.1 Å². The average molecular weight is 250 g/mol. The highest BCUT2D eigenvalue weighted by Crippen LogP contribution is 2.37. The molecule has 0 spiro atoms. The molecule has 1 atom stereocenters. The number of nitrogens with one attached hydrogen (secondary N) is 1. The smallest absolute Gasteiger partial charge is 0.157 e. The molecule has 86 valence electrons. The van der Waals surface area contributed by atoms with Crippen molar-refractivity contribution < 1.29 is 21.3 Å². The molecule has 2 nitrogen and oxygen atoms in total. The summed E-state index contributed by atoms with van der Waals surface area (Å²) in [5.74, 6) is -1.95. The monoisotopic (exact) mass is 249 g/mol. The molecule has 16 heavy (non-hydrogen) atoms. The van der Waals surface area contributed by atoms with Crippen LogP contribution in [0.1, 0.15) is 46.1 Å². The summed E-state index contributed by atoms with van der Waals surface area (Å²) in [6, 6.07) is 4.71. The van der Waals surface area contributed by atoms with Gasteiger partial charge in [-0.25, -0.2) is 0 Å². The Morgan fingerprint density at radius 1 is 1.56 bits per heavy atom. The van der Waals surface area contributed by atoms with Crippen LogP contribution in [0, 0.1) is 0 Å². The van der Waals surface area contributed by atoms with Crippen LogP contribution in [0.15, 0.2) is 24.3 Å². The van der Waals surface area contributed by atoms with Crippen LogP contribution in [0.2, 0.25) is 6.43 Å². The van der Waals surface area contributed by atoms with Gasteiger partial charge in [0.25, 0.3) is 0 Å². The van der Waals surface area contributed by atoms with Crippen molar-refractivity contribution in [3.63, 3.8) is 0 Å². The van der Waals surface area contributed by atoms with Crippen molar-refractivity contribution in [2.24, 2.45) is 0 Å². The predicted octanol–water partition coefficient (Wildman–Crippen LogP) is 2.90. The summed E-state index contributed by atoms with van der Waals surface area (Å²) in [7, 11) is 0. The maximum Gasteiger partial charge on any atom is 0.157 e. The van der Waals surface area contributed by atoms with Gasteiger partial charge in [0.2, 0.25) is 0 Å². The summed E-state index contributed by atoms with van der Waals surface area (Å²) in [5.41, 5.74) is -4.06. The fourth-order valence-corrected chi connectivity index (χ4v) is 1.71. The Kier molecular flexibility index (Phi) is 1.09. The van der Waals surface area contributed by atoms with Crippen molar-refractivity contribution in [3.8, 4) is 0 Å². The maximum absolute atomic E-state index is 13.2. The summed E-state index contributed by atoms with van der Waals surface area (Å²) in [5, 5.41) is -0.899. The molecule has 3 heteroatoms. The van der Waals surface area contributed by atoms with E-state index in [1.54, 1.807) is 0 Å². The zero-order valence-electron chi connectivity index (χ0n) is 20.0. The van der Waals surface area contributed by atoms with Crippen LogP contribution < -0.4 is 5.31 Å². The summed E-state index contributed by atoms with van der Waals surface area (Å²) >= 11 is 6.04. The number of benzene rings is 1. The standard InChI is InChI=1S/C13H16ClNO/c1-15-13(9-5-4-8-12(13)16)10-6-2-3-7-11(10)14/h2-3,6-7,15H,4-5,8-9H2,1H3/i1D3,4D2,5D2,8D2,9D2/hD. The Hall–Kier alpha value is -0.860. The largest absolute Gasteiger partial charge is 0.304 e. The van der Waals surface area contributed by atoms with E-state index < -0.39 is 59.7 Å². The van der Waals surface area contributed by atoms with Crippen LogP contribution in [0.4, 0.5) is 0 Å². The van der Waals surface area contributed by atoms with Crippen LogP contribution in [-0.2, 0) is 10.3 Å². The zero-order valence-corrected chi connectivity index (χ0v) is 8.80. The normalized spacial score (nSPS) is 50.5.